The summed E-state index contributed by atoms with van der Waals surface area (Å²) in [4.78, 5) is 0. The molecule has 17 heavy (non-hydrogen) atoms. The van der Waals surface area contributed by atoms with E-state index in [1.165, 1.54) is 6.07 Å². The second-order valence-electron chi connectivity index (χ2n) is 4.24. The summed E-state index contributed by atoms with van der Waals surface area (Å²) >= 11 is 0. The zero-order valence-corrected chi connectivity index (χ0v) is 9.75. The molecule has 1 fully saturated rings. The van der Waals surface area contributed by atoms with Crippen LogP contribution in [0, 0.1) is 17.6 Å². The highest BCUT2D eigenvalue weighted by Gasteiger charge is 2.35. The van der Waals surface area contributed by atoms with Gasteiger partial charge >= 0.3 is 0 Å². The van der Waals surface area contributed by atoms with E-state index >= 15 is 0 Å². The van der Waals surface area contributed by atoms with Crippen LogP contribution < -0.4 is 0 Å². The van der Waals surface area contributed by atoms with E-state index in [1.807, 2.05) is 0 Å². The highest BCUT2D eigenvalue weighted by Crippen LogP contribution is 2.33. The highest BCUT2D eigenvalue weighted by atomic mass is 32.2. The van der Waals surface area contributed by atoms with Gasteiger partial charge in [-0.15, -0.1) is 0 Å². The molecule has 0 spiro atoms. The molecule has 94 valence electrons. The van der Waals surface area contributed by atoms with Crippen molar-refractivity contribution in [1.29, 1.82) is 0 Å². The Morgan fingerprint density at radius 3 is 2.35 bits per heavy atom. The Morgan fingerprint density at radius 2 is 1.88 bits per heavy atom. The van der Waals surface area contributed by atoms with Crippen molar-refractivity contribution in [2.24, 2.45) is 5.92 Å². The number of hydrogen-bond donors (Lipinski definition) is 1. The molecule has 1 aliphatic rings. The molecule has 0 aromatic heterocycles. The van der Waals surface area contributed by atoms with Gasteiger partial charge in [-0.2, -0.15) is 0 Å². The molecule has 0 bridgehead atoms. The van der Waals surface area contributed by atoms with Crippen molar-refractivity contribution in [3.05, 3.63) is 35.4 Å². The fraction of sp³-hybridized carbons (Fsp3) is 0.455. The lowest BCUT2D eigenvalue weighted by atomic mass is 9.94. The van der Waals surface area contributed by atoms with Crippen molar-refractivity contribution in [2.75, 3.05) is 11.5 Å². The van der Waals surface area contributed by atoms with Gasteiger partial charge in [0.2, 0.25) is 0 Å². The van der Waals surface area contributed by atoms with E-state index in [2.05, 4.69) is 0 Å². The quantitative estimate of drug-likeness (QED) is 0.877. The predicted molar refractivity (Wildman–Crippen MR) is 58.1 cm³/mol. The minimum Gasteiger partial charge on any atom is -0.388 e. The molecule has 3 nitrogen and oxygen atoms in total. The molecule has 1 aromatic carbocycles. The number of halogens is 2. The molecule has 1 aromatic rings. The van der Waals surface area contributed by atoms with Crippen molar-refractivity contribution in [3.8, 4) is 0 Å². The van der Waals surface area contributed by atoms with E-state index in [-0.39, 0.29) is 17.9 Å². The third-order valence-corrected chi connectivity index (χ3v) is 4.80. The SMILES string of the molecule is O=S1(=O)CCC(C(O)c2c(F)cccc2F)C1. The van der Waals surface area contributed by atoms with Gasteiger partial charge in [0.1, 0.15) is 11.6 Å². The van der Waals surface area contributed by atoms with Crippen LogP contribution in [0.5, 0.6) is 0 Å². The van der Waals surface area contributed by atoms with E-state index in [4.69, 9.17) is 0 Å². The van der Waals surface area contributed by atoms with Crippen LogP contribution in [0.4, 0.5) is 8.78 Å². The van der Waals surface area contributed by atoms with Gasteiger partial charge in [0, 0.05) is 5.92 Å². The molecule has 1 N–H and O–H groups in total. The maximum atomic E-state index is 13.4. The third-order valence-electron chi connectivity index (χ3n) is 3.01. The first-order valence-electron chi connectivity index (χ1n) is 5.23. The van der Waals surface area contributed by atoms with Gasteiger partial charge in [-0.1, -0.05) is 6.07 Å². The van der Waals surface area contributed by atoms with Crippen LogP contribution in [0.2, 0.25) is 0 Å². The summed E-state index contributed by atoms with van der Waals surface area (Å²) in [7, 11) is -3.18. The van der Waals surface area contributed by atoms with Crippen LogP contribution in [0.15, 0.2) is 18.2 Å². The number of aliphatic hydroxyl groups is 1. The van der Waals surface area contributed by atoms with Crippen LogP contribution in [0.3, 0.4) is 0 Å². The Bertz CT molecular complexity index is 507. The van der Waals surface area contributed by atoms with E-state index in [9.17, 15) is 22.3 Å². The first kappa shape index (κ1) is 12.4. The lowest BCUT2D eigenvalue weighted by Gasteiger charge is -2.18. The van der Waals surface area contributed by atoms with Crippen molar-refractivity contribution in [2.45, 2.75) is 12.5 Å². The van der Waals surface area contributed by atoms with Gasteiger partial charge in [-0.25, -0.2) is 17.2 Å². The number of rotatable bonds is 2. The molecule has 0 aliphatic carbocycles. The monoisotopic (exact) mass is 262 g/mol. The first-order valence-corrected chi connectivity index (χ1v) is 7.05. The minimum absolute atomic E-state index is 0.0369. The first-order chi connectivity index (χ1) is 7.91. The van der Waals surface area contributed by atoms with E-state index in [0.29, 0.717) is 0 Å². The number of benzene rings is 1. The molecule has 2 atom stereocenters. The fourth-order valence-corrected chi connectivity index (χ4v) is 3.93. The summed E-state index contributed by atoms with van der Waals surface area (Å²) in [6, 6.07) is 3.29. The maximum Gasteiger partial charge on any atom is 0.150 e. The van der Waals surface area contributed by atoms with Crippen LogP contribution in [-0.2, 0) is 9.84 Å². The standard InChI is InChI=1S/C11H12F2O3S/c12-8-2-1-3-9(13)10(8)11(14)7-4-5-17(15,16)6-7/h1-3,7,11,14H,4-6H2. The molecule has 1 saturated heterocycles. The summed E-state index contributed by atoms with van der Waals surface area (Å²) < 4.78 is 49.3. The zero-order valence-electron chi connectivity index (χ0n) is 8.94. The van der Waals surface area contributed by atoms with Gasteiger partial charge in [0.15, 0.2) is 9.84 Å². The van der Waals surface area contributed by atoms with Crippen molar-refractivity contribution in [1.82, 2.24) is 0 Å². The van der Waals surface area contributed by atoms with Gasteiger partial charge < -0.3 is 5.11 Å². The average molecular weight is 262 g/mol. The summed E-state index contributed by atoms with van der Waals surface area (Å²) in [5.41, 5.74) is -0.436. The van der Waals surface area contributed by atoms with Gasteiger partial charge in [0.25, 0.3) is 0 Å². The van der Waals surface area contributed by atoms with Crippen molar-refractivity contribution in [3.63, 3.8) is 0 Å². The van der Waals surface area contributed by atoms with Crippen LogP contribution >= 0.6 is 0 Å². The Balaban J connectivity index is 2.29. The number of aliphatic hydroxyl groups excluding tert-OH is 1. The van der Waals surface area contributed by atoms with E-state index < -0.39 is 39.1 Å². The lowest BCUT2D eigenvalue weighted by Crippen LogP contribution is -2.16. The fourth-order valence-electron chi connectivity index (χ4n) is 2.10. The summed E-state index contributed by atoms with van der Waals surface area (Å²) in [6.07, 6.45) is -1.18. The zero-order chi connectivity index (χ0) is 12.6. The van der Waals surface area contributed by atoms with Crippen LogP contribution in [-0.4, -0.2) is 25.0 Å². The summed E-state index contributed by atoms with van der Waals surface area (Å²) in [6.45, 7) is 0. The second kappa shape index (κ2) is 4.34. The molecule has 1 heterocycles. The number of sulfone groups is 1. The minimum atomic E-state index is -3.18. The molecular weight excluding hydrogens is 250 g/mol. The van der Waals surface area contributed by atoms with Crippen LogP contribution in [0.1, 0.15) is 18.1 Å². The van der Waals surface area contributed by atoms with Crippen molar-refractivity contribution < 1.29 is 22.3 Å². The molecule has 0 radical (unpaired) electrons. The van der Waals surface area contributed by atoms with E-state index in [1.54, 1.807) is 0 Å². The summed E-state index contributed by atoms with van der Waals surface area (Å²) in [5, 5.41) is 9.87. The van der Waals surface area contributed by atoms with Gasteiger partial charge in [-0.3, -0.25) is 0 Å². The normalized spacial score (nSPS) is 24.8. The lowest BCUT2D eigenvalue weighted by molar-refractivity contribution is 0.113. The van der Waals surface area contributed by atoms with Crippen LogP contribution in [0.25, 0.3) is 0 Å². The van der Waals surface area contributed by atoms with Gasteiger partial charge in [-0.05, 0) is 18.6 Å². The molecule has 0 saturated carbocycles. The predicted octanol–water partition coefficient (Wildman–Crippen LogP) is 1.43. The Hall–Kier alpha value is -1.01. The summed E-state index contributed by atoms with van der Waals surface area (Å²) in [5.74, 6) is -2.58. The largest absolute Gasteiger partial charge is 0.388 e. The van der Waals surface area contributed by atoms with Crippen molar-refractivity contribution >= 4 is 9.84 Å². The third kappa shape index (κ3) is 2.47. The Labute approximate surface area is 98.0 Å². The second-order valence-corrected chi connectivity index (χ2v) is 6.47. The van der Waals surface area contributed by atoms with E-state index in [0.717, 1.165) is 12.1 Å². The molecule has 2 unspecified atom stereocenters. The van der Waals surface area contributed by atoms with Gasteiger partial charge in [0.05, 0.1) is 23.2 Å². The molecule has 6 heteroatoms. The number of hydrogen-bond acceptors (Lipinski definition) is 3. The highest BCUT2D eigenvalue weighted by molar-refractivity contribution is 7.91. The topological polar surface area (TPSA) is 54.4 Å². The smallest absolute Gasteiger partial charge is 0.150 e. The Kier molecular flexibility index (Phi) is 3.18. The Morgan fingerprint density at radius 1 is 1.29 bits per heavy atom. The molecule has 0 amide bonds. The molecular formula is C11H12F2O3S. The molecule has 1 aliphatic heterocycles. The average Bonchev–Trinajstić information content (AvgIpc) is 2.58. The molecule has 2 rings (SSSR count). The maximum absolute atomic E-state index is 13.4.